The number of esters is 1. The summed E-state index contributed by atoms with van der Waals surface area (Å²) in [4.78, 5) is 38.0. The molecule has 138 valence electrons. The number of nitrogens with zero attached hydrogens (tertiary/aromatic N) is 1. The van der Waals surface area contributed by atoms with Gasteiger partial charge in [-0.3, -0.25) is 9.59 Å². The molecular weight excluding hydrogens is 336 g/mol. The van der Waals surface area contributed by atoms with Crippen molar-refractivity contribution < 1.29 is 23.5 Å². The minimum absolute atomic E-state index is 0.100. The molecule has 0 aliphatic carbocycles. The smallest absolute Gasteiger partial charge is 0.329 e. The first-order valence-electron chi connectivity index (χ1n) is 8.22. The van der Waals surface area contributed by atoms with E-state index in [1.54, 1.807) is 39.1 Å². The van der Waals surface area contributed by atoms with Crippen LogP contribution in [0.4, 0.5) is 5.69 Å². The number of furan rings is 1. The maximum Gasteiger partial charge on any atom is 0.329 e. The lowest BCUT2D eigenvalue weighted by atomic mass is 10.0. The van der Waals surface area contributed by atoms with Gasteiger partial charge in [-0.1, -0.05) is 32.0 Å². The van der Waals surface area contributed by atoms with Crippen molar-refractivity contribution in [3.05, 3.63) is 54.5 Å². The molecular formula is C19H22N2O5. The first kappa shape index (κ1) is 19.2. The Morgan fingerprint density at radius 2 is 1.81 bits per heavy atom. The van der Waals surface area contributed by atoms with Crippen LogP contribution in [0.15, 0.2) is 53.1 Å². The van der Waals surface area contributed by atoms with Crippen LogP contribution < -0.4 is 10.2 Å². The molecule has 0 bridgehead atoms. The van der Waals surface area contributed by atoms with Gasteiger partial charge in [0.1, 0.15) is 6.04 Å². The second kappa shape index (κ2) is 8.84. The van der Waals surface area contributed by atoms with Gasteiger partial charge in [-0.15, -0.1) is 0 Å². The van der Waals surface area contributed by atoms with E-state index in [0.29, 0.717) is 5.69 Å². The second-order valence-corrected chi connectivity index (χ2v) is 6.07. The summed E-state index contributed by atoms with van der Waals surface area (Å²) in [5, 5.41) is 2.57. The molecule has 1 unspecified atom stereocenters. The van der Waals surface area contributed by atoms with Gasteiger partial charge in [-0.05, 0) is 30.2 Å². The zero-order valence-corrected chi connectivity index (χ0v) is 15.0. The van der Waals surface area contributed by atoms with Gasteiger partial charge in [-0.2, -0.15) is 0 Å². The molecule has 1 N–H and O–H groups in total. The van der Waals surface area contributed by atoms with Gasteiger partial charge in [0.15, 0.2) is 12.4 Å². The standard InChI is InChI=1S/C19H22N2O5/c1-13(2)17(20-18(23)15-10-7-11-25-15)19(24)26-12-16(22)21(3)14-8-5-4-6-9-14/h4-11,13,17H,12H2,1-3H3,(H,20,23). The molecule has 0 spiro atoms. The number of likely N-dealkylation sites (N-methyl/N-ethyl adjacent to an activating group) is 1. The zero-order valence-electron chi connectivity index (χ0n) is 15.0. The predicted molar refractivity (Wildman–Crippen MR) is 95.6 cm³/mol. The highest BCUT2D eigenvalue weighted by Crippen LogP contribution is 2.12. The van der Waals surface area contributed by atoms with E-state index in [4.69, 9.17) is 9.15 Å². The molecule has 26 heavy (non-hydrogen) atoms. The van der Waals surface area contributed by atoms with Gasteiger partial charge in [-0.25, -0.2) is 4.79 Å². The van der Waals surface area contributed by atoms with Crippen LogP contribution in [0.25, 0.3) is 0 Å². The fraction of sp³-hybridized carbons (Fsp3) is 0.316. The topological polar surface area (TPSA) is 88.9 Å². The minimum Gasteiger partial charge on any atom is -0.459 e. The lowest BCUT2D eigenvalue weighted by Gasteiger charge is -2.21. The van der Waals surface area contributed by atoms with Crippen molar-refractivity contribution in [3.63, 3.8) is 0 Å². The zero-order chi connectivity index (χ0) is 19.1. The third-order valence-electron chi connectivity index (χ3n) is 3.81. The summed E-state index contributed by atoms with van der Waals surface area (Å²) >= 11 is 0. The number of rotatable bonds is 7. The number of ether oxygens (including phenoxy) is 1. The maximum absolute atomic E-state index is 12.3. The maximum atomic E-state index is 12.3. The van der Waals surface area contributed by atoms with E-state index < -0.39 is 24.5 Å². The van der Waals surface area contributed by atoms with Crippen LogP contribution in [-0.2, 0) is 14.3 Å². The molecule has 1 heterocycles. The van der Waals surface area contributed by atoms with Crippen LogP contribution in [-0.4, -0.2) is 37.5 Å². The molecule has 1 atom stereocenters. The molecule has 0 aliphatic rings. The Morgan fingerprint density at radius 1 is 1.12 bits per heavy atom. The van der Waals surface area contributed by atoms with Crippen LogP contribution in [0.2, 0.25) is 0 Å². The van der Waals surface area contributed by atoms with Crippen molar-refractivity contribution >= 4 is 23.5 Å². The van der Waals surface area contributed by atoms with E-state index in [9.17, 15) is 14.4 Å². The number of carbonyl (C=O) groups excluding carboxylic acids is 3. The Hall–Kier alpha value is -3.09. The molecule has 1 aromatic carbocycles. The van der Waals surface area contributed by atoms with Gasteiger partial charge < -0.3 is 19.4 Å². The van der Waals surface area contributed by atoms with Crippen molar-refractivity contribution in [2.45, 2.75) is 19.9 Å². The van der Waals surface area contributed by atoms with E-state index in [-0.39, 0.29) is 17.6 Å². The lowest BCUT2D eigenvalue weighted by Crippen LogP contribution is -2.46. The Labute approximate surface area is 151 Å². The predicted octanol–water partition coefficient (Wildman–Crippen LogP) is 2.24. The number of nitrogens with one attached hydrogen (secondary N) is 1. The Bertz CT molecular complexity index is 741. The van der Waals surface area contributed by atoms with Crippen molar-refractivity contribution in [2.75, 3.05) is 18.6 Å². The van der Waals surface area contributed by atoms with E-state index in [0.717, 1.165) is 0 Å². The van der Waals surface area contributed by atoms with Crippen molar-refractivity contribution in [2.24, 2.45) is 5.92 Å². The van der Waals surface area contributed by atoms with Crippen molar-refractivity contribution in [1.29, 1.82) is 0 Å². The lowest BCUT2D eigenvalue weighted by molar-refractivity contribution is -0.150. The molecule has 1 aromatic heterocycles. The van der Waals surface area contributed by atoms with E-state index >= 15 is 0 Å². The summed E-state index contributed by atoms with van der Waals surface area (Å²) < 4.78 is 10.1. The van der Waals surface area contributed by atoms with Gasteiger partial charge in [0.05, 0.1) is 6.26 Å². The number of benzene rings is 1. The first-order chi connectivity index (χ1) is 12.4. The van der Waals surface area contributed by atoms with Crippen LogP contribution in [0.3, 0.4) is 0 Å². The van der Waals surface area contributed by atoms with E-state index in [2.05, 4.69) is 5.32 Å². The number of hydrogen-bond acceptors (Lipinski definition) is 5. The third kappa shape index (κ3) is 4.95. The molecule has 0 aliphatic heterocycles. The highest BCUT2D eigenvalue weighted by Gasteiger charge is 2.28. The summed E-state index contributed by atoms with van der Waals surface area (Å²) in [6.07, 6.45) is 1.37. The van der Waals surface area contributed by atoms with Gasteiger partial charge >= 0.3 is 5.97 Å². The molecule has 0 radical (unpaired) electrons. The van der Waals surface area contributed by atoms with E-state index in [1.807, 2.05) is 18.2 Å². The fourth-order valence-electron chi connectivity index (χ4n) is 2.23. The van der Waals surface area contributed by atoms with Gasteiger partial charge in [0, 0.05) is 12.7 Å². The number of amides is 2. The highest BCUT2D eigenvalue weighted by atomic mass is 16.5. The average molecular weight is 358 g/mol. The van der Waals surface area contributed by atoms with Crippen LogP contribution in [0.5, 0.6) is 0 Å². The molecule has 2 amide bonds. The summed E-state index contributed by atoms with van der Waals surface area (Å²) in [6.45, 7) is 3.13. The fourth-order valence-corrected chi connectivity index (χ4v) is 2.23. The highest BCUT2D eigenvalue weighted by molar-refractivity contribution is 5.96. The number of para-hydroxylation sites is 1. The third-order valence-corrected chi connectivity index (χ3v) is 3.81. The second-order valence-electron chi connectivity index (χ2n) is 6.07. The van der Waals surface area contributed by atoms with Crippen molar-refractivity contribution in [1.82, 2.24) is 5.32 Å². The Morgan fingerprint density at radius 3 is 2.38 bits per heavy atom. The summed E-state index contributed by atoms with van der Waals surface area (Å²) in [7, 11) is 1.60. The Kier molecular flexibility index (Phi) is 6.54. The van der Waals surface area contributed by atoms with Crippen LogP contribution in [0.1, 0.15) is 24.4 Å². The largest absolute Gasteiger partial charge is 0.459 e. The molecule has 0 fully saturated rings. The van der Waals surface area contributed by atoms with Crippen molar-refractivity contribution in [3.8, 4) is 0 Å². The van der Waals surface area contributed by atoms with Crippen LogP contribution >= 0.6 is 0 Å². The average Bonchev–Trinajstić information content (AvgIpc) is 3.18. The van der Waals surface area contributed by atoms with E-state index in [1.165, 1.54) is 17.2 Å². The Balaban J connectivity index is 1.93. The number of hydrogen-bond donors (Lipinski definition) is 1. The molecule has 0 saturated heterocycles. The molecule has 2 rings (SSSR count). The monoisotopic (exact) mass is 358 g/mol. The summed E-state index contributed by atoms with van der Waals surface area (Å²) in [5.41, 5.74) is 0.695. The minimum atomic E-state index is -0.887. The quantitative estimate of drug-likeness (QED) is 0.767. The molecule has 2 aromatic rings. The van der Waals surface area contributed by atoms with Gasteiger partial charge in [0.25, 0.3) is 11.8 Å². The SMILES string of the molecule is CC(C)C(NC(=O)c1ccco1)C(=O)OCC(=O)N(C)c1ccccc1. The molecule has 7 nitrogen and oxygen atoms in total. The number of carbonyl (C=O) groups is 3. The molecule has 7 heteroatoms. The normalized spacial score (nSPS) is 11.7. The van der Waals surface area contributed by atoms with Crippen LogP contribution in [0, 0.1) is 5.92 Å². The molecule has 0 saturated carbocycles. The first-order valence-corrected chi connectivity index (χ1v) is 8.22. The summed E-state index contributed by atoms with van der Waals surface area (Å²) in [5.74, 6) is -1.68. The summed E-state index contributed by atoms with van der Waals surface area (Å²) in [6, 6.07) is 11.2. The number of anilines is 1. The van der Waals surface area contributed by atoms with Gasteiger partial charge in [0.2, 0.25) is 0 Å².